The Morgan fingerprint density at radius 3 is 2.56 bits per heavy atom. The Bertz CT molecular complexity index is 706. The number of quaternary nitrogens is 1. The highest BCUT2D eigenvalue weighted by Gasteiger charge is 2.21. The van der Waals surface area contributed by atoms with Gasteiger partial charge in [0.25, 0.3) is 5.91 Å². The van der Waals surface area contributed by atoms with Crippen molar-refractivity contribution < 1.29 is 14.4 Å². The van der Waals surface area contributed by atoms with Gasteiger partial charge in [0, 0.05) is 17.1 Å². The zero-order valence-corrected chi connectivity index (χ0v) is 16.8. The first kappa shape index (κ1) is 19.5. The van der Waals surface area contributed by atoms with E-state index in [1.165, 1.54) is 0 Å². The zero-order valence-electron chi connectivity index (χ0n) is 15.3. The number of likely N-dealkylation sites (N-methyl/N-ethyl adjacent to an activating group) is 2. The van der Waals surface area contributed by atoms with Crippen LogP contribution in [0.25, 0.3) is 0 Å². The number of halogens is 1. The first-order valence-electron chi connectivity index (χ1n) is 8.36. The van der Waals surface area contributed by atoms with Crippen LogP contribution in [0.4, 0.5) is 0 Å². The fourth-order valence-electron chi connectivity index (χ4n) is 2.83. The summed E-state index contributed by atoms with van der Waals surface area (Å²) in [6.07, 6.45) is 0. The third-order valence-electron chi connectivity index (χ3n) is 4.44. The molecule has 2 rings (SSSR count). The molecule has 2 aromatic carbocycles. The Hall–Kier alpha value is -1.85. The molecular weight excluding hydrogens is 380 g/mol. The molecule has 0 aliphatic heterocycles. The number of nitrogens with zero attached hydrogens (tertiary/aromatic N) is 1. The second kappa shape index (κ2) is 9.02. The maximum Gasteiger partial charge on any atom is 0.278 e. The van der Waals surface area contributed by atoms with E-state index in [1.807, 2.05) is 55.4 Å². The van der Waals surface area contributed by atoms with Gasteiger partial charge in [-0.15, -0.1) is 0 Å². The highest BCUT2D eigenvalue weighted by molar-refractivity contribution is 9.10. The Labute approximate surface area is 158 Å². The number of methoxy groups -OCH3 is 1. The Kier molecular flexibility index (Phi) is 7.02. The molecule has 5 heteroatoms. The first-order valence-corrected chi connectivity index (χ1v) is 9.16. The maximum atomic E-state index is 12.6. The van der Waals surface area contributed by atoms with E-state index in [4.69, 9.17) is 4.74 Å². The van der Waals surface area contributed by atoms with Crippen molar-refractivity contribution in [1.29, 1.82) is 0 Å². The van der Waals surface area contributed by atoms with Crippen molar-refractivity contribution in [2.45, 2.75) is 19.5 Å². The highest BCUT2D eigenvalue weighted by atomic mass is 79.9. The Balaban J connectivity index is 1.99. The van der Waals surface area contributed by atoms with Gasteiger partial charge in [-0.05, 0) is 30.7 Å². The molecule has 2 atom stereocenters. The Morgan fingerprint density at radius 1 is 1.24 bits per heavy atom. The molecule has 0 aliphatic rings. The Morgan fingerprint density at radius 2 is 1.92 bits per heavy atom. The van der Waals surface area contributed by atoms with Crippen molar-refractivity contribution in [2.75, 3.05) is 27.7 Å². The number of ether oxygens (including phenoxy) is 1. The summed E-state index contributed by atoms with van der Waals surface area (Å²) in [6, 6.07) is 16.1. The minimum atomic E-state index is 0.0573. The van der Waals surface area contributed by atoms with Gasteiger partial charge in [-0.1, -0.05) is 46.3 Å². The lowest BCUT2D eigenvalue weighted by Gasteiger charge is -2.26. The molecular formula is C20H26BrN2O2+. The van der Waals surface area contributed by atoms with Crippen molar-refractivity contribution in [2.24, 2.45) is 0 Å². The van der Waals surface area contributed by atoms with Gasteiger partial charge in [-0.2, -0.15) is 0 Å². The van der Waals surface area contributed by atoms with E-state index in [0.717, 1.165) is 32.8 Å². The third kappa shape index (κ3) is 5.31. The standard InChI is InChI=1S/C20H25BrN2O2/c1-15(16-8-6-5-7-9-16)23(3)20(24)14-22(2)13-17-12-18(21)10-11-19(17)25-4/h5-12,15H,13-14H2,1-4H3/p+1/t15-/m1/s1. The third-order valence-corrected chi connectivity index (χ3v) is 4.94. The molecule has 0 bridgehead atoms. The lowest BCUT2D eigenvalue weighted by atomic mass is 10.1. The molecule has 4 nitrogen and oxygen atoms in total. The molecule has 134 valence electrons. The van der Waals surface area contributed by atoms with E-state index in [-0.39, 0.29) is 11.9 Å². The van der Waals surface area contributed by atoms with E-state index < -0.39 is 0 Å². The van der Waals surface area contributed by atoms with Crippen LogP contribution in [0, 0.1) is 0 Å². The summed E-state index contributed by atoms with van der Waals surface area (Å²) >= 11 is 3.49. The molecule has 0 aromatic heterocycles. The number of benzene rings is 2. The second-order valence-electron chi connectivity index (χ2n) is 6.36. The fourth-order valence-corrected chi connectivity index (χ4v) is 3.24. The highest BCUT2D eigenvalue weighted by Crippen LogP contribution is 2.22. The van der Waals surface area contributed by atoms with Crippen LogP contribution >= 0.6 is 15.9 Å². The molecule has 1 N–H and O–H groups in total. The summed E-state index contributed by atoms with van der Waals surface area (Å²) < 4.78 is 6.43. The molecule has 0 radical (unpaired) electrons. The monoisotopic (exact) mass is 405 g/mol. The predicted molar refractivity (Wildman–Crippen MR) is 104 cm³/mol. The number of hydrogen-bond acceptors (Lipinski definition) is 2. The fraction of sp³-hybridized carbons (Fsp3) is 0.350. The molecule has 0 aliphatic carbocycles. The van der Waals surface area contributed by atoms with Crippen LogP contribution in [0.15, 0.2) is 53.0 Å². The summed E-state index contributed by atoms with van der Waals surface area (Å²) in [4.78, 5) is 15.6. The average Bonchev–Trinajstić information content (AvgIpc) is 2.61. The van der Waals surface area contributed by atoms with E-state index in [2.05, 4.69) is 35.0 Å². The van der Waals surface area contributed by atoms with Gasteiger partial charge < -0.3 is 14.5 Å². The van der Waals surface area contributed by atoms with Crippen LogP contribution in [0.2, 0.25) is 0 Å². The van der Waals surface area contributed by atoms with E-state index in [0.29, 0.717) is 6.54 Å². The SMILES string of the molecule is COc1ccc(Br)cc1C[NH+](C)CC(=O)N(C)[C@H](C)c1ccccc1. The lowest BCUT2D eigenvalue weighted by molar-refractivity contribution is -0.885. The molecule has 0 heterocycles. The van der Waals surface area contributed by atoms with Crippen molar-refractivity contribution in [3.8, 4) is 5.75 Å². The van der Waals surface area contributed by atoms with Crippen molar-refractivity contribution in [1.82, 2.24) is 4.90 Å². The molecule has 0 fully saturated rings. The van der Waals surface area contributed by atoms with Crippen molar-refractivity contribution in [3.05, 3.63) is 64.1 Å². The van der Waals surface area contributed by atoms with Crippen molar-refractivity contribution >= 4 is 21.8 Å². The molecule has 0 saturated heterocycles. The second-order valence-corrected chi connectivity index (χ2v) is 7.27. The number of carbonyl (C=O) groups is 1. The number of carbonyl (C=O) groups excluding carboxylic acids is 1. The molecule has 1 unspecified atom stereocenters. The largest absolute Gasteiger partial charge is 0.496 e. The molecule has 2 aromatic rings. The maximum absolute atomic E-state index is 12.6. The van der Waals surface area contributed by atoms with E-state index in [9.17, 15) is 4.79 Å². The molecule has 0 saturated carbocycles. The summed E-state index contributed by atoms with van der Waals surface area (Å²) in [5.74, 6) is 0.976. The van der Waals surface area contributed by atoms with Crippen LogP contribution in [0.5, 0.6) is 5.75 Å². The summed E-state index contributed by atoms with van der Waals surface area (Å²) in [7, 11) is 5.56. The normalized spacial score (nSPS) is 13.2. The van der Waals surface area contributed by atoms with Gasteiger partial charge in [-0.25, -0.2) is 0 Å². The summed E-state index contributed by atoms with van der Waals surface area (Å²) in [6.45, 7) is 3.21. The van der Waals surface area contributed by atoms with Crippen LogP contribution in [-0.4, -0.2) is 38.6 Å². The minimum absolute atomic E-state index is 0.0573. The molecule has 25 heavy (non-hydrogen) atoms. The number of hydrogen-bond donors (Lipinski definition) is 1. The summed E-state index contributed by atoms with van der Waals surface area (Å²) in [5, 5.41) is 0. The number of rotatable bonds is 7. The smallest absolute Gasteiger partial charge is 0.278 e. The summed E-state index contributed by atoms with van der Waals surface area (Å²) in [5.41, 5.74) is 2.23. The quantitative estimate of drug-likeness (QED) is 0.768. The van der Waals surface area contributed by atoms with Crippen LogP contribution in [0.1, 0.15) is 24.1 Å². The molecule has 1 amide bonds. The van der Waals surface area contributed by atoms with Gasteiger partial charge in [0.2, 0.25) is 0 Å². The van der Waals surface area contributed by atoms with Gasteiger partial charge in [0.1, 0.15) is 12.3 Å². The predicted octanol–water partition coefficient (Wildman–Crippen LogP) is 2.69. The topological polar surface area (TPSA) is 34.0 Å². The van der Waals surface area contributed by atoms with Gasteiger partial charge in [0.05, 0.1) is 20.2 Å². The zero-order chi connectivity index (χ0) is 18.4. The van der Waals surface area contributed by atoms with Crippen LogP contribution in [0.3, 0.4) is 0 Å². The molecule has 0 spiro atoms. The minimum Gasteiger partial charge on any atom is -0.496 e. The van der Waals surface area contributed by atoms with E-state index in [1.54, 1.807) is 7.11 Å². The van der Waals surface area contributed by atoms with Gasteiger partial charge in [-0.3, -0.25) is 4.79 Å². The van der Waals surface area contributed by atoms with Crippen LogP contribution in [-0.2, 0) is 11.3 Å². The first-order chi connectivity index (χ1) is 11.9. The van der Waals surface area contributed by atoms with Gasteiger partial charge in [0.15, 0.2) is 6.54 Å². The lowest BCUT2D eigenvalue weighted by Crippen LogP contribution is -3.08. The van der Waals surface area contributed by atoms with Crippen molar-refractivity contribution in [3.63, 3.8) is 0 Å². The average molecular weight is 406 g/mol. The number of amides is 1. The number of nitrogens with one attached hydrogen (secondary N) is 1. The van der Waals surface area contributed by atoms with Gasteiger partial charge >= 0.3 is 0 Å². The van der Waals surface area contributed by atoms with E-state index >= 15 is 0 Å². The van der Waals surface area contributed by atoms with Crippen LogP contribution < -0.4 is 9.64 Å².